The van der Waals surface area contributed by atoms with Gasteiger partial charge in [0.05, 0.1) is 0 Å². The average molecular weight is 328 g/mol. The van der Waals surface area contributed by atoms with E-state index in [4.69, 9.17) is 4.74 Å². The zero-order chi connectivity index (χ0) is 14.6. The van der Waals surface area contributed by atoms with Crippen molar-refractivity contribution in [2.75, 3.05) is 0 Å². The van der Waals surface area contributed by atoms with Crippen LogP contribution in [-0.4, -0.2) is 17.6 Å². The van der Waals surface area contributed by atoms with E-state index in [1.54, 1.807) is 0 Å². The lowest BCUT2D eigenvalue weighted by atomic mass is 10.1. The third-order valence-electron chi connectivity index (χ3n) is 2.63. The minimum absolute atomic E-state index is 0.0932. The quantitative estimate of drug-likeness (QED) is 0.854. The molecule has 0 aromatic heterocycles. The second-order valence-electron chi connectivity index (χ2n) is 5.70. The first-order chi connectivity index (χ1) is 8.69. The van der Waals surface area contributed by atoms with Gasteiger partial charge in [-0.1, -0.05) is 28.1 Å². The van der Waals surface area contributed by atoms with Crippen molar-refractivity contribution in [3.8, 4) is 0 Å². The van der Waals surface area contributed by atoms with Crippen molar-refractivity contribution >= 4 is 21.9 Å². The molecule has 0 heterocycles. The summed E-state index contributed by atoms with van der Waals surface area (Å²) in [6.45, 7) is 9.47. The molecule has 0 aliphatic rings. The van der Waals surface area contributed by atoms with Crippen LogP contribution in [0.1, 0.15) is 46.2 Å². The lowest BCUT2D eigenvalue weighted by Crippen LogP contribution is -2.40. The predicted molar refractivity (Wildman–Crippen MR) is 81.0 cm³/mol. The van der Waals surface area contributed by atoms with E-state index in [0.29, 0.717) is 0 Å². The minimum Gasteiger partial charge on any atom is -0.459 e. The molecular weight excluding hydrogens is 306 g/mol. The zero-order valence-corrected chi connectivity index (χ0v) is 13.7. The predicted octanol–water partition coefficient (Wildman–Crippen LogP) is 3.83. The second kappa shape index (κ2) is 6.53. The molecule has 0 amide bonds. The first-order valence-corrected chi connectivity index (χ1v) is 7.23. The molecule has 0 saturated heterocycles. The highest BCUT2D eigenvalue weighted by Crippen LogP contribution is 2.17. The first kappa shape index (κ1) is 16.2. The largest absolute Gasteiger partial charge is 0.459 e. The van der Waals surface area contributed by atoms with E-state index in [0.717, 1.165) is 10.0 Å². The highest BCUT2D eigenvalue weighted by molar-refractivity contribution is 9.10. The standard InChI is InChI=1S/C15H22BrNO2/c1-10(12-6-8-13(16)9-7-12)17-11(2)14(18)19-15(3,4)5/h6-11,17H,1-5H3/t10-,11?/m1/s1. The van der Waals surface area contributed by atoms with Crippen LogP contribution >= 0.6 is 15.9 Å². The molecule has 3 nitrogen and oxygen atoms in total. The van der Waals surface area contributed by atoms with Gasteiger partial charge in [0.2, 0.25) is 0 Å². The van der Waals surface area contributed by atoms with Gasteiger partial charge in [-0.05, 0) is 52.3 Å². The number of benzene rings is 1. The van der Waals surface area contributed by atoms with Crippen LogP contribution in [0.4, 0.5) is 0 Å². The second-order valence-corrected chi connectivity index (χ2v) is 6.61. The van der Waals surface area contributed by atoms with E-state index in [1.807, 2.05) is 58.9 Å². The van der Waals surface area contributed by atoms with Crippen molar-refractivity contribution in [1.82, 2.24) is 5.32 Å². The van der Waals surface area contributed by atoms with Crippen LogP contribution in [0.2, 0.25) is 0 Å². The van der Waals surface area contributed by atoms with Gasteiger partial charge in [-0.3, -0.25) is 10.1 Å². The Hall–Kier alpha value is -0.870. The van der Waals surface area contributed by atoms with Gasteiger partial charge in [-0.25, -0.2) is 0 Å². The molecule has 1 unspecified atom stereocenters. The van der Waals surface area contributed by atoms with Gasteiger partial charge in [0.15, 0.2) is 0 Å². The molecule has 1 rings (SSSR count). The van der Waals surface area contributed by atoms with Gasteiger partial charge in [-0.15, -0.1) is 0 Å². The molecule has 1 N–H and O–H groups in total. The molecule has 2 atom stereocenters. The monoisotopic (exact) mass is 327 g/mol. The molecule has 4 heteroatoms. The van der Waals surface area contributed by atoms with Crippen LogP contribution in [0.3, 0.4) is 0 Å². The van der Waals surface area contributed by atoms with Crippen molar-refractivity contribution in [3.05, 3.63) is 34.3 Å². The fourth-order valence-corrected chi connectivity index (χ4v) is 1.95. The third kappa shape index (κ3) is 5.74. The maximum atomic E-state index is 11.9. The van der Waals surface area contributed by atoms with Gasteiger partial charge in [0.25, 0.3) is 0 Å². The number of hydrogen-bond donors (Lipinski definition) is 1. The van der Waals surface area contributed by atoms with E-state index in [2.05, 4.69) is 21.2 Å². The smallest absolute Gasteiger partial charge is 0.323 e. The van der Waals surface area contributed by atoms with Crippen molar-refractivity contribution in [2.24, 2.45) is 0 Å². The lowest BCUT2D eigenvalue weighted by molar-refractivity contribution is -0.157. The highest BCUT2D eigenvalue weighted by Gasteiger charge is 2.22. The van der Waals surface area contributed by atoms with Gasteiger partial charge in [0, 0.05) is 10.5 Å². The Morgan fingerprint density at radius 3 is 2.21 bits per heavy atom. The molecule has 0 fully saturated rings. The minimum atomic E-state index is -0.451. The molecule has 106 valence electrons. The molecule has 0 spiro atoms. The fourth-order valence-electron chi connectivity index (χ4n) is 1.68. The number of carbonyl (C=O) groups excluding carboxylic acids is 1. The number of rotatable bonds is 4. The first-order valence-electron chi connectivity index (χ1n) is 6.43. The summed E-state index contributed by atoms with van der Waals surface area (Å²) in [5.41, 5.74) is 0.687. The van der Waals surface area contributed by atoms with E-state index < -0.39 is 5.60 Å². The highest BCUT2D eigenvalue weighted by atomic mass is 79.9. The van der Waals surface area contributed by atoms with Gasteiger partial charge in [-0.2, -0.15) is 0 Å². The van der Waals surface area contributed by atoms with Crippen molar-refractivity contribution in [2.45, 2.75) is 52.3 Å². The number of hydrogen-bond acceptors (Lipinski definition) is 3. The van der Waals surface area contributed by atoms with E-state index in [-0.39, 0.29) is 18.1 Å². The van der Waals surface area contributed by atoms with Crippen LogP contribution in [0.25, 0.3) is 0 Å². The summed E-state index contributed by atoms with van der Waals surface area (Å²) >= 11 is 3.41. The van der Waals surface area contributed by atoms with E-state index in [1.165, 1.54) is 0 Å². The Morgan fingerprint density at radius 2 is 1.74 bits per heavy atom. The Balaban J connectivity index is 2.59. The van der Waals surface area contributed by atoms with Gasteiger partial charge < -0.3 is 4.74 Å². The number of halogens is 1. The van der Waals surface area contributed by atoms with Gasteiger partial charge >= 0.3 is 5.97 Å². The topological polar surface area (TPSA) is 38.3 Å². The number of nitrogens with one attached hydrogen (secondary N) is 1. The van der Waals surface area contributed by atoms with E-state index in [9.17, 15) is 4.79 Å². The van der Waals surface area contributed by atoms with E-state index >= 15 is 0 Å². The average Bonchev–Trinajstić information content (AvgIpc) is 2.27. The van der Waals surface area contributed by atoms with Crippen molar-refractivity contribution in [1.29, 1.82) is 0 Å². The maximum absolute atomic E-state index is 11.9. The Kier molecular flexibility index (Phi) is 5.56. The molecule has 0 radical (unpaired) electrons. The summed E-state index contributed by atoms with van der Waals surface area (Å²) in [6, 6.07) is 7.80. The van der Waals surface area contributed by atoms with Crippen LogP contribution in [0.5, 0.6) is 0 Å². The Labute approximate surface area is 123 Å². The summed E-state index contributed by atoms with van der Waals surface area (Å²) in [4.78, 5) is 11.9. The van der Waals surface area contributed by atoms with Crippen molar-refractivity contribution in [3.63, 3.8) is 0 Å². The van der Waals surface area contributed by atoms with Crippen LogP contribution in [0.15, 0.2) is 28.7 Å². The SMILES string of the molecule is CC(N[C@H](C)c1ccc(Br)cc1)C(=O)OC(C)(C)C. The molecule has 0 bridgehead atoms. The summed E-state index contributed by atoms with van der Waals surface area (Å²) < 4.78 is 6.39. The Bertz CT molecular complexity index is 423. The molecule has 0 saturated carbocycles. The number of carbonyl (C=O) groups is 1. The maximum Gasteiger partial charge on any atom is 0.323 e. The van der Waals surface area contributed by atoms with Crippen LogP contribution in [-0.2, 0) is 9.53 Å². The fraction of sp³-hybridized carbons (Fsp3) is 0.533. The van der Waals surface area contributed by atoms with Gasteiger partial charge in [0.1, 0.15) is 11.6 Å². The summed E-state index contributed by atoms with van der Waals surface area (Å²) in [6.07, 6.45) is 0. The molecular formula is C15H22BrNO2. The lowest BCUT2D eigenvalue weighted by Gasteiger charge is -2.24. The molecule has 0 aliphatic heterocycles. The number of esters is 1. The molecule has 1 aromatic rings. The zero-order valence-electron chi connectivity index (χ0n) is 12.2. The summed E-state index contributed by atoms with van der Waals surface area (Å²) in [5, 5.41) is 3.25. The summed E-state index contributed by atoms with van der Waals surface area (Å²) in [7, 11) is 0. The van der Waals surface area contributed by atoms with Crippen LogP contribution < -0.4 is 5.32 Å². The van der Waals surface area contributed by atoms with Crippen molar-refractivity contribution < 1.29 is 9.53 Å². The molecule has 0 aliphatic carbocycles. The van der Waals surface area contributed by atoms with Crippen LogP contribution in [0, 0.1) is 0 Å². The third-order valence-corrected chi connectivity index (χ3v) is 3.16. The molecule has 1 aromatic carbocycles. The number of ether oxygens (including phenoxy) is 1. The molecule has 19 heavy (non-hydrogen) atoms. The summed E-state index contributed by atoms with van der Waals surface area (Å²) in [5.74, 6) is -0.225. The Morgan fingerprint density at radius 1 is 1.21 bits per heavy atom. The normalized spacial score (nSPS) is 14.8.